The van der Waals surface area contributed by atoms with Gasteiger partial charge in [-0.05, 0) is 18.9 Å². The SMILES string of the molecule is O=C(CN(C(=O)c1ccccc1[N+](=O)[O-])N1C(=O)[C@H]2CCCC[C@@H]2C1=O)c1cccc([N+](=O)[O-])c1. The van der Waals surface area contributed by atoms with Gasteiger partial charge < -0.3 is 0 Å². The maximum atomic E-state index is 13.5. The van der Waals surface area contributed by atoms with Crippen LogP contribution in [0.4, 0.5) is 11.4 Å². The summed E-state index contributed by atoms with van der Waals surface area (Å²) in [7, 11) is 0. The molecule has 0 spiro atoms. The summed E-state index contributed by atoms with van der Waals surface area (Å²) in [6.07, 6.45) is 2.38. The highest BCUT2D eigenvalue weighted by Gasteiger charge is 2.52. The molecular formula is C23H20N4O8. The van der Waals surface area contributed by atoms with Gasteiger partial charge in [-0.3, -0.25) is 39.4 Å². The van der Waals surface area contributed by atoms with E-state index in [9.17, 15) is 39.4 Å². The third-order valence-corrected chi connectivity index (χ3v) is 6.30. The number of hydrogen-bond acceptors (Lipinski definition) is 8. The normalized spacial score (nSPS) is 19.3. The van der Waals surface area contributed by atoms with E-state index in [2.05, 4.69) is 0 Å². The number of carbonyl (C=O) groups is 4. The van der Waals surface area contributed by atoms with Crippen LogP contribution >= 0.6 is 0 Å². The summed E-state index contributed by atoms with van der Waals surface area (Å²) in [5.41, 5.74) is -1.43. The van der Waals surface area contributed by atoms with Crippen molar-refractivity contribution in [2.75, 3.05) is 6.54 Å². The second-order valence-electron chi connectivity index (χ2n) is 8.35. The zero-order valence-corrected chi connectivity index (χ0v) is 18.4. The molecule has 2 atom stereocenters. The summed E-state index contributed by atoms with van der Waals surface area (Å²) >= 11 is 0. The number of carbonyl (C=O) groups excluding carboxylic acids is 4. The number of ketones is 1. The van der Waals surface area contributed by atoms with Crippen molar-refractivity contribution in [3.05, 3.63) is 79.9 Å². The van der Waals surface area contributed by atoms with Crippen molar-refractivity contribution >= 4 is 34.9 Å². The molecule has 4 rings (SSSR count). The number of rotatable bonds is 7. The van der Waals surface area contributed by atoms with Gasteiger partial charge in [0, 0.05) is 23.8 Å². The Kier molecular flexibility index (Phi) is 6.36. The molecular weight excluding hydrogens is 460 g/mol. The molecule has 0 bridgehead atoms. The zero-order valence-electron chi connectivity index (χ0n) is 18.4. The quantitative estimate of drug-likeness (QED) is 0.253. The van der Waals surface area contributed by atoms with Crippen LogP contribution in [0.5, 0.6) is 0 Å². The highest BCUT2D eigenvalue weighted by atomic mass is 16.6. The van der Waals surface area contributed by atoms with E-state index < -0.39 is 63.0 Å². The van der Waals surface area contributed by atoms with Gasteiger partial charge in [-0.15, -0.1) is 0 Å². The van der Waals surface area contributed by atoms with Crippen LogP contribution in [0.2, 0.25) is 0 Å². The fraction of sp³-hybridized carbons (Fsp3) is 0.304. The minimum Gasteiger partial charge on any atom is -0.292 e. The summed E-state index contributed by atoms with van der Waals surface area (Å²) in [4.78, 5) is 74.1. The molecule has 2 fully saturated rings. The Morgan fingerprint density at radius 1 is 0.914 bits per heavy atom. The summed E-state index contributed by atoms with van der Waals surface area (Å²) in [6.45, 7) is -0.816. The lowest BCUT2D eigenvalue weighted by atomic mass is 9.81. The Labute approximate surface area is 198 Å². The molecule has 12 nitrogen and oxygen atoms in total. The molecule has 12 heteroatoms. The highest BCUT2D eigenvalue weighted by molar-refractivity contribution is 6.10. The molecule has 1 saturated carbocycles. The lowest BCUT2D eigenvalue weighted by Crippen LogP contribution is -2.52. The van der Waals surface area contributed by atoms with E-state index >= 15 is 0 Å². The monoisotopic (exact) mass is 480 g/mol. The smallest absolute Gasteiger partial charge is 0.282 e. The van der Waals surface area contributed by atoms with Gasteiger partial charge in [0.2, 0.25) is 0 Å². The van der Waals surface area contributed by atoms with Gasteiger partial charge in [0.1, 0.15) is 12.1 Å². The van der Waals surface area contributed by atoms with Crippen LogP contribution in [0.15, 0.2) is 48.5 Å². The van der Waals surface area contributed by atoms with Crippen LogP contribution in [0.25, 0.3) is 0 Å². The van der Waals surface area contributed by atoms with Crippen molar-refractivity contribution in [1.82, 2.24) is 10.0 Å². The molecule has 1 aliphatic carbocycles. The molecule has 180 valence electrons. The molecule has 1 heterocycles. The first-order chi connectivity index (χ1) is 16.7. The van der Waals surface area contributed by atoms with Crippen molar-refractivity contribution in [2.45, 2.75) is 25.7 Å². The van der Waals surface area contributed by atoms with Crippen LogP contribution in [-0.4, -0.2) is 49.9 Å². The maximum Gasteiger partial charge on any atom is 0.282 e. The van der Waals surface area contributed by atoms with Crippen LogP contribution in [0.3, 0.4) is 0 Å². The molecule has 0 radical (unpaired) electrons. The van der Waals surface area contributed by atoms with Crippen LogP contribution < -0.4 is 0 Å². The fourth-order valence-electron chi connectivity index (χ4n) is 4.59. The summed E-state index contributed by atoms with van der Waals surface area (Å²) in [6, 6.07) is 9.80. The van der Waals surface area contributed by atoms with Crippen LogP contribution in [0.1, 0.15) is 46.4 Å². The van der Waals surface area contributed by atoms with Gasteiger partial charge in [0.25, 0.3) is 29.1 Å². The van der Waals surface area contributed by atoms with Crippen molar-refractivity contribution in [3.8, 4) is 0 Å². The van der Waals surface area contributed by atoms with Gasteiger partial charge >= 0.3 is 0 Å². The molecule has 3 amide bonds. The Morgan fingerprint density at radius 3 is 2.14 bits per heavy atom. The van der Waals surface area contributed by atoms with Crippen LogP contribution in [-0.2, 0) is 9.59 Å². The standard InChI is InChI=1S/C23H20N4O8/c28-20(14-6-5-7-15(12-14)26(32)33)13-24(21(29)18-10-3-4-11-19(18)27(34)35)25-22(30)16-8-1-2-9-17(16)23(25)31/h3-7,10-12,16-17H,1-2,8-9,13H2/t16-,17-/m0/s1. The third-order valence-electron chi connectivity index (χ3n) is 6.30. The van der Waals surface area contributed by atoms with Gasteiger partial charge in [0.15, 0.2) is 5.78 Å². The number of para-hydroxylation sites is 1. The van der Waals surface area contributed by atoms with Gasteiger partial charge in [0.05, 0.1) is 21.7 Å². The predicted molar refractivity (Wildman–Crippen MR) is 119 cm³/mol. The second kappa shape index (κ2) is 9.41. The van der Waals surface area contributed by atoms with Gasteiger partial charge in [-0.25, -0.2) is 5.01 Å². The number of nitro benzene ring substituents is 2. The number of amides is 3. The maximum absolute atomic E-state index is 13.5. The number of nitrogens with zero attached hydrogens (tertiary/aromatic N) is 4. The molecule has 2 aliphatic rings. The average Bonchev–Trinajstić information content (AvgIpc) is 3.12. The molecule has 1 saturated heterocycles. The van der Waals surface area contributed by atoms with Crippen molar-refractivity contribution < 1.29 is 29.0 Å². The summed E-state index contributed by atoms with van der Waals surface area (Å²) in [5, 5.41) is 23.9. The van der Waals surface area contributed by atoms with Crippen molar-refractivity contribution in [2.24, 2.45) is 11.8 Å². The summed E-state index contributed by atoms with van der Waals surface area (Å²) < 4.78 is 0. The fourth-order valence-corrected chi connectivity index (χ4v) is 4.59. The Bertz CT molecular complexity index is 1240. The number of Topliss-reactive ketones (excluding diaryl/α,β-unsaturated/α-hetero) is 1. The number of hydrogen-bond donors (Lipinski definition) is 0. The Hall–Kier alpha value is -4.48. The predicted octanol–water partition coefficient (Wildman–Crippen LogP) is 2.92. The molecule has 2 aromatic carbocycles. The lowest BCUT2D eigenvalue weighted by molar-refractivity contribution is -0.385. The molecule has 0 unspecified atom stereocenters. The van der Waals surface area contributed by atoms with Gasteiger partial charge in [-0.2, -0.15) is 5.01 Å². The molecule has 0 N–H and O–H groups in total. The number of hydrazine groups is 1. The number of benzene rings is 2. The number of fused-ring (bicyclic) bond motifs is 1. The number of nitro groups is 2. The van der Waals surface area contributed by atoms with E-state index in [1.807, 2.05) is 0 Å². The number of non-ortho nitro benzene ring substituents is 1. The first-order valence-corrected chi connectivity index (χ1v) is 10.9. The summed E-state index contributed by atoms with van der Waals surface area (Å²) in [5.74, 6) is -4.40. The Morgan fingerprint density at radius 2 is 1.54 bits per heavy atom. The second-order valence-corrected chi connectivity index (χ2v) is 8.35. The molecule has 2 aromatic rings. The Balaban J connectivity index is 1.75. The zero-order chi connectivity index (χ0) is 25.3. The van der Waals surface area contributed by atoms with Gasteiger partial charge in [-0.1, -0.05) is 37.1 Å². The number of imide groups is 1. The highest BCUT2D eigenvalue weighted by Crippen LogP contribution is 2.39. The topological polar surface area (TPSA) is 161 Å². The van der Waals surface area contributed by atoms with E-state index in [1.165, 1.54) is 36.4 Å². The van der Waals surface area contributed by atoms with Crippen molar-refractivity contribution in [1.29, 1.82) is 0 Å². The van der Waals surface area contributed by atoms with E-state index in [1.54, 1.807) is 0 Å². The van der Waals surface area contributed by atoms with E-state index in [0.717, 1.165) is 25.0 Å². The molecule has 35 heavy (non-hydrogen) atoms. The minimum atomic E-state index is -1.07. The first kappa shape index (κ1) is 23.7. The first-order valence-electron chi connectivity index (χ1n) is 10.9. The lowest BCUT2D eigenvalue weighted by Gasteiger charge is -2.30. The van der Waals surface area contributed by atoms with E-state index in [-0.39, 0.29) is 11.3 Å². The average molecular weight is 480 g/mol. The minimum absolute atomic E-state index is 0.115. The molecule has 1 aliphatic heterocycles. The van der Waals surface area contributed by atoms with E-state index in [0.29, 0.717) is 22.9 Å². The molecule has 0 aromatic heterocycles. The van der Waals surface area contributed by atoms with E-state index in [4.69, 9.17) is 0 Å². The van der Waals surface area contributed by atoms with Crippen LogP contribution in [0, 0.1) is 32.1 Å². The third kappa shape index (κ3) is 4.37. The van der Waals surface area contributed by atoms with Crippen molar-refractivity contribution in [3.63, 3.8) is 0 Å². The largest absolute Gasteiger partial charge is 0.292 e.